The van der Waals surface area contributed by atoms with Crippen LogP contribution in [0.4, 0.5) is 0 Å². The Morgan fingerprint density at radius 1 is 1.50 bits per heavy atom. The Bertz CT molecular complexity index is 447. The first-order valence-corrected chi connectivity index (χ1v) is 7.19. The number of ether oxygens (including phenoxy) is 2. The highest BCUT2D eigenvalue weighted by molar-refractivity contribution is 5.38. The molecule has 0 spiro atoms. The molecule has 0 radical (unpaired) electrons. The highest BCUT2D eigenvalue weighted by Gasteiger charge is 2.28. The number of aliphatic hydroxyl groups is 1. The third-order valence-corrected chi connectivity index (χ3v) is 4.11. The Kier molecular flexibility index (Phi) is 5.02. The smallest absolute Gasteiger partial charge is 0.123 e. The monoisotopic (exact) mass is 279 g/mol. The van der Waals surface area contributed by atoms with E-state index in [0.717, 1.165) is 36.4 Å². The quantitative estimate of drug-likeness (QED) is 0.898. The summed E-state index contributed by atoms with van der Waals surface area (Å²) in [6.07, 6.45) is 0.875. The second-order valence-electron chi connectivity index (χ2n) is 5.59. The summed E-state index contributed by atoms with van der Waals surface area (Å²) in [6, 6.07) is 6.31. The van der Waals surface area contributed by atoms with Crippen LogP contribution >= 0.6 is 0 Å². The number of aliphatic hydroxyl groups excluding tert-OH is 1. The fraction of sp³-hybridized carbons (Fsp3) is 0.625. The van der Waals surface area contributed by atoms with Gasteiger partial charge >= 0.3 is 0 Å². The molecule has 1 aromatic carbocycles. The van der Waals surface area contributed by atoms with Gasteiger partial charge in [0.05, 0.1) is 19.3 Å². The van der Waals surface area contributed by atoms with Crippen LogP contribution in [0, 0.1) is 0 Å². The van der Waals surface area contributed by atoms with E-state index in [1.54, 1.807) is 14.0 Å². The van der Waals surface area contributed by atoms with Gasteiger partial charge in [0.15, 0.2) is 0 Å². The highest BCUT2D eigenvalue weighted by atomic mass is 16.5. The normalized spacial score (nSPS) is 24.1. The van der Waals surface area contributed by atoms with Gasteiger partial charge in [0.25, 0.3) is 0 Å². The van der Waals surface area contributed by atoms with E-state index in [1.807, 2.05) is 18.2 Å². The van der Waals surface area contributed by atoms with Crippen molar-refractivity contribution in [2.24, 2.45) is 0 Å². The first kappa shape index (κ1) is 15.3. The standard InChI is InChI=1S/C16H25NO3/c1-11(18)13-5-6-16(19-4)14(9-13)10-17(3)15-7-8-20-12(15)2/h5-6,9,11-12,15,18H,7-8,10H2,1-4H3. The molecule has 0 aromatic heterocycles. The summed E-state index contributed by atoms with van der Waals surface area (Å²) in [5.41, 5.74) is 2.03. The van der Waals surface area contributed by atoms with Crippen LogP contribution < -0.4 is 4.74 Å². The molecule has 3 unspecified atom stereocenters. The fourth-order valence-electron chi connectivity index (χ4n) is 2.87. The average molecular weight is 279 g/mol. The van der Waals surface area contributed by atoms with Gasteiger partial charge in [-0.25, -0.2) is 0 Å². The first-order valence-electron chi connectivity index (χ1n) is 7.19. The van der Waals surface area contributed by atoms with Crippen molar-refractivity contribution >= 4 is 0 Å². The van der Waals surface area contributed by atoms with E-state index < -0.39 is 6.10 Å². The van der Waals surface area contributed by atoms with Crippen LogP contribution in [0.25, 0.3) is 0 Å². The van der Waals surface area contributed by atoms with E-state index in [0.29, 0.717) is 6.04 Å². The molecule has 4 nitrogen and oxygen atoms in total. The van der Waals surface area contributed by atoms with Gasteiger partial charge in [-0.05, 0) is 45.0 Å². The average Bonchev–Trinajstić information content (AvgIpc) is 2.84. The Morgan fingerprint density at radius 2 is 2.25 bits per heavy atom. The predicted molar refractivity (Wildman–Crippen MR) is 78.9 cm³/mol. The van der Waals surface area contributed by atoms with Gasteiger partial charge in [0.1, 0.15) is 5.75 Å². The maximum Gasteiger partial charge on any atom is 0.123 e. The van der Waals surface area contributed by atoms with E-state index in [4.69, 9.17) is 9.47 Å². The summed E-state index contributed by atoms with van der Waals surface area (Å²) < 4.78 is 11.1. The zero-order valence-electron chi connectivity index (χ0n) is 12.8. The van der Waals surface area contributed by atoms with Crippen LogP contribution in [0.3, 0.4) is 0 Å². The number of benzene rings is 1. The van der Waals surface area contributed by atoms with Gasteiger partial charge in [-0.3, -0.25) is 4.90 Å². The molecule has 4 heteroatoms. The maximum atomic E-state index is 9.73. The van der Waals surface area contributed by atoms with Crippen LogP contribution in [0.1, 0.15) is 37.5 Å². The van der Waals surface area contributed by atoms with Gasteiger partial charge < -0.3 is 14.6 Å². The molecule has 1 fully saturated rings. The molecule has 0 saturated carbocycles. The number of rotatable bonds is 5. The van der Waals surface area contributed by atoms with Crippen molar-refractivity contribution in [3.63, 3.8) is 0 Å². The molecule has 1 saturated heterocycles. The van der Waals surface area contributed by atoms with E-state index >= 15 is 0 Å². The largest absolute Gasteiger partial charge is 0.496 e. The number of likely N-dealkylation sites (N-methyl/N-ethyl adjacent to an activating group) is 1. The van der Waals surface area contributed by atoms with Gasteiger partial charge in [0.2, 0.25) is 0 Å². The Morgan fingerprint density at radius 3 is 2.80 bits per heavy atom. The van der Waals surface area contributed by atoms with Crippen molar-refractivity contribution in [2.75, 3.05) is 20.8 Å². The molecule has 20 heavy (non-hydrogen) atoms. The van der Waals surface area contributed by atoms with Crippen LogP contribution in [0.15, 0.2) is 18.2 Å². The summed E-state index contributed by atoms with van der Waals surface area (Å²) in [7, 11) is 3.80. The second kappa shape index (κ2) is 6.57. The van der Waals surface area contributed by atoms with E-state index in [-0.39, 0.29) is 6.10 Å². The van der Waals surface area contributed by atoms with E-state index in [1.165, 1.54) is 0 Å². The van der Waals surface area contributed by atoms with Crippen LogP contribution in [-0.2, 0) is 11.3 Å². The summed E-state index contributed by atoms with van der Waals surface area (Å²) in [5, 5.41) is 9.73. The summed E-state index contributed by atoms with van der Waals surface area (Å²) in [4.78, 5) is 2.31. The lowest BCUT2D eigenvalue weighted by Gasteiger charge is -2.27. The van der Waals surface area contributed by atoms with Gasteiger partial charge in [-0.15, -0.1) is 0 Å². The van der Waals surface area contributed by atoms with Crippen LogP contribution in [0.5, 0.6) is 5.75 Å². The van der Waals surface area contributed by atoms with Gasteiger partial charge in [0, 0.05) is 24.8 Å². The predicted octanol–water partition coefficient (Wildman–Crippen LogP) is 2.36. The molecule has 1 heterocycles. The highest BCUT2D eigenvalue weighted by Crippen LogP contribution is 2.27. The minimum absolute atomic E-state index is 0.269. The third kappa shape index (κ3) is 3.32. The SMILES string of the molecule is COc1ccc(C(C)O)cc1CN(C)C1CCOC1C. The van der Waals surface area contributed by atoms with Gasteiger partial charge in [-0.1, -0.05) is 6.07 Å². The third-order valence-electron chi connectivity index (χ3n) is 4.11. The number of nitrogens with zero attached hydrogens (tertiary/aromatic N) is 1. The molecule has 2 rings (SSSR count). The molecule has 1 N–H and O–H groups in total. The molecule has 1 aliphatic rings. The zero-order chi connectivity index (χ0) is 14.7. The summed E-state index contributed by atoms with van der Waals surface area (Å²) in [6.45, 7) is 5.53. The minimum atomic E-state index is -0.460. The molecular weight excluding hydrogens is 254 g/mol. The van der Waals surface area contributed by atoms with Crippen molar-refractivity contribution in [1.82, 2.24) is 4.90 Å². The topological polar surface area (TPSA) is 41.9 Å². The van der Waals surface area contributed by atoms with Crippen molar-refractivity contribution in [2.45, 2.75) is 45.1 Å². The molecule has 1 aromatic rings. The summed E-state index contributed by atoms with van der Waals surface area (Å²) in [5.74, 6) is 0.868. The second-order valence-corrected chi connectivity index (χ2v) is 5.59. The first-order chi connectivity index (χ1) is 9.52. The lowest BCUT2D eigenvalue weighted by Crippen LogP contribution is -2.36. The zero-order valence-corrected chi connectivity index (χ0v) is 12.8. The van der Waals surface area contributed by atoms with E-state index in [2.05, 4.69) is 18.9 Å². The van der Waals surface area contributed by atoms with Crippen molar-refractivity contribution < 1.29 is 14.6 Å². The maximum absolute atomic E-state index is 9.73. The Hall–Kier alpha value is -1.10. The lowest BCUT2D eigenvalue weighted by atomic mass is 10.0. The number of hydrogen-bond acceptors (Lipinski definition) is 4. The summed E-state index contributed by atoms with van der Waals surface area (Å²) >= 11 is 0. The van der Waals surface area contributed by atoms with Crippen molar-refractivity contribution in [3.05, 3.63) is 29.3 Å². The van der Waals surface area contributed by atoms with Gasteiger partial charge in [-0.2, -0.15) is 0 Å². The molecule has 3 atom stereocenters. The Labute approximate surface area is 121 Å². The molecule has 0 aliphatic carbocycles. The molecular formula is C16H25NO3. The van der Waals surface area contributed by atoms with Crippen LogP contribution in [-0.4, -0.2) is 42.9 Å². The number of hydrogen-bond donors (Lipinski definition) is 1. The molecule has 112 valence electrons. The van der Waals surface area contributed by atoms with Crippen molar-refractivity contribution in [1.29, 1.82) is 0 Å². The Balaban J connectivity index is 2.16. The van der Waals surface area contributed by atoms with Crippen LogP contribution in [0.2, 0.25) is 0 Å². The lowest BCUT2D eigenvalue weighted by molar-refractivity contribution is 0.0811. The molecule has 0 amide bonds. The molecule has 0 bridgehead atoms. The number of methoxy groups -OCH3 is 1. The van der Waals surface area contributed by atoms with E-state index in [9.17, 15) is 5.11 Å². The minimum Gasteiger partial charge on any atom is -0.496 e. The fourth-order valence-corrected chi connectivity index (χ4v) is 2.87. The van der Waals surface area contributed by atoms with Crippen molar-refractivity contribution in [3.8, 4) is 5.75 Å². The molecule has 1 aliphatic heterocycles.